The van der Waals surface area contributed by atoms with Crippen molar-refractivity contribution < 1.29 is 9.53 Å². The normalized spacial score (nSPS) is 10.3. The lowest BCUT2D eigenvalue weighted by Crippen LogP contribution is -2.06. The molecular weight excluding hydrogens is 260 g/mol. The van der Waals surface area contributed by atoms with E-state index in [0.717, 1.165) is 16.7 Å². The summed E-state index contributed by atoms with van der Waals surface area (Å²) in [7, 11) is 0. The third kappa shape index (κ3) is 3.36. The highest BCUT2D eigenvalue weighted by Crippen LogP contribution is 2.22. The van der Waals surface area contributed by atoms with Crippen molar-refractivity contribution in [2.75, 3.05) is 0 Å². The molecule has 0 fully saturated rings. The number of ether oxygens (including phenoxy) is 1. The van der Waals surface area contributed by atoms with Gasteiger partial charge in [-0.2, -0.15) is 0 Å². The summed E-state index contributed by atoms with van der Waals surface area (Å²) in [4.78, 5) is 12.0. The minimum atomic E-state index is -0.327. The van der Waals surface area contributed by atoms with Crippen LogP contribution in [0.15, 0.2) is 42.5 Å². The highest BCUT2D eigenvalue weighted by molar-refractivity contribution is 6.32. The Labute approximate surface area is 118 Å². The van der Waals surface area contributed by atoms with Crippen LogP contribution in [0.2, 0.25) is 5.02 Å². The first-order chi connectivity index (χ1) is 9.08. The molecule has 0 saturated carbocycles. The number of esters is 1. The van der Waals surface area contributed by atoms with Gasteiger partial charge in [0.25, 0.3) is 0 Å². The van der Waals surface area contributed by atoms with E-state index in [2.05, 4.69) is 0 Å². The number of carbonyl (C=O) groups is 1. The Morgan fingerprint density at radius 3 is 2.26 bits per heavy atom. The lowest BCUT2D eigenvalue weighted by atomic mass is 10.1. The summed E-state index contributed by atoms with van der Waals surface area (Å²) in [6.07, 6.45) is 0. The van der Waals surface area contributed by atoms with Gasteiger partial charge in [0.1, 0.15) is 6.61 Å². The van der Waals surface area contributed by atoms with Gasteiger partial charge in [0, 0.05) is 5.02 Å². The molecule has 0 aliphatic carbocycles. The van der Waals surface area contributed by atoms with Crippen molar-refractivity contribution in [2.45, 2.75) is 20.5 Å². The zero-order valence-corrected chi connectivity index (χ0v) is 11.7. The van der Waals surface area contributed by atoms with Crippen molar-refractivity contribution >= 4 is 17.6 Å². The average molecular weight is 275 g/mol. The van der Waals surface area contributed by atoms with Gasteiger partial charge in [0.15, 0.2) is 0 Å². The molecule has 0 aromatic heterocycles. The molecular formula is C16H15ClO2. The highest BCUT2D eigenvalue weighted by atomic mass is 35.5. The number of carbonyl (C=O) groups excluding carboxylic acids is 1. The molecule has 2 nitrogen and oxygen atoms in total. The second-order valence-electron chi connectivity index (χ2n) is 4.49. The number of rotatable bonds is 3. The van der Waals surface area contributed by atoms with Crippen LogP contribution >= 0.6 is 11.6 Å². The predicted octanol–water partition coefficient (Wildman–Crippen LogP) is 4.31. The molecule has 0 unspecified atom stereocenters. The number of benzene rings is 2. The number of hydrogen-bond acceptors (Lipinski definition) is 2. The van der Waals surface area contributed by atoms with Gasteiger partial charge in [-0.05, 0) is 42.7 Å². The Morgan fingerprint density at radius 1 is 1.11 bits per heavy atom. The lowest BCUT2D eigenvalue weighted by Gasteiger charge is -2.08. The van der Waals surface area contributed by atoms with Crippen LogP contribution in [0.3, 0.4) is 0 Å². The molecule has 0 atom stereocenters. The first-order valence-corrected chi connectivity index (χ1v) is 6.43. The van der Waals surface area contributed by atoms with Gasteiger partial charge >= 0.3 is 5.97 Å². The van der Waals surface area contributed by atoms with E-state index >= 15 is 0 Å². The number of hydrogen-bond donors (Lipinski definition) is 0. The molecule has 0 heterocycles. The molecule has 0 N–H and O–H groups in total. The van der Waals surface area contributed by atoms with Gasteiger partial charge < -0.3 is 4.74 Å². The monoisotopic (exact) mass is 274 g/mol. The minimum absolute atomic E-state index is 0.278. The summed E-state index contributed by atoms with van der Waals surface area (Å²) in [5.74, 6) is -0.327. The van der Waals surface area contributed by atoms with Gasteiger partial charge in [0.05, 0.1) is 5.56 Å². The van der Waals surface area contributed by atoms with Gasteiger partial charge in [-0.1, -0.05) is 41.9 Å². The van der Waals surface area contributed by atoms with Gasteiger partial charge in [-0.3, -0.25) is 0 Å². The van der Waals surface area contributed by atoms with E-state index < -0.39 is 0 Å². The number of halogens is 1. The first kappa shape index (κ1) is 13.6. The smallest absolute Gasteiger partial charge is 0.338 e. The van der Waals surface area contributed by atoms with Gasteiger partial charge in [0.2, 0.25) is 0 Å². The van der Waals surface area contributed by atoms with Gasteiger partial charge in [-0.15, -0.1) is 0 Å². The average Bonchev–Trinajstić information content (AvgIpc) is 2.42. The molecule has 2 aromatic carbocycles. The second kappa shape index (κ2) is 5.89. The van der Waals surface area contributed by atoms with Crippen LogP contribution in [0.1, 0.15) is 27.0 Å². The standard InChI is InChI=1S/C16H15ClO2/c1-11-8-14(9-12(2)15(11)17)16(18)19-10-13-6-4-3-5-7-13/h3-9H,10H2,1-2H3. The minimum Gasteiger partial charge on any atom is -0.457 e. The number of aryl methyl sites for hydroxylation is 2. The Balaban J connectivity index is 2.08. The van der Waals surface area contributed by atoms with Crippen molar-refractivity contribution in [3.8, 4) is 0 Å². The van der Waals surface area contributed by atoms with Crippen molar-refractivity contribution in [3.63, 3.8) is 0 Å². The zero-order chi connectivity index (χ0) is 13.8. The van der Waals surface area contributed by atoms with Crippen LogP contribution in [0, 0.1) is 13.8 Å². The molecule has 19 heavy (non-hydrogen) atoms. The van der Waals surface area contributed by atoms with E-state index in [9.17, 15) is 4.79 Å². The third-order valence-electron chi connectivity index (χ3n) is 2.88. The molecule has 0 radical (unpaired) electrons. The van der Waals surface area contributed by atoms with E-state index in [-0.39, 0.29) is 12.6 Å². The molecule has 3 heteroatoms. The Kier molecular flexibility index (Phi) is 4.23. The van der Waals surface area contributed by atoms with Crippen molar-refractivity contribution in [1.82, 2.24) is 0 Å². The van der Waals surface area contributed by atoms with Crippen LogP contribution in [0.4, 0.5) is 0 Å². The maximum absolute atomic E-state index is 12.0. The van der Waals surface area contributed by atoms with Crippen LogP contribution in [0.5, 0.6) is 0 Å². The maximum Gasteiger partial charge on any atom is 0.338 e. The summed E-state index contributed by atoms with van der Waals surface area (Å²) in [5, 5.41) is 0.694. The maximum atomic E-state index is 12.0. The Hall–Kier alpha value is -1.80. The second-order valence-corrected chi connectivity index (χ2v) is 4.86. The quantitative estimate of drug-likeness (QED) is 0.780. The van der Waals surface area contributed by atoms with Crippen molar-refractivity contribution in [3.05, 3.63) is 69.7 Å². The van der Waals surface area contributed by atoms with Crippen molar-refractivity contribution in [2.24, 2.45) is 0 Å². The molecule has 2 aromatic rings. The van der Waals surface area contributed by atoms with E-state index in [4.69, 9.17) is 16.3 Å². The van der Waals surface area contributed by atoms with Crippen LogP contribution in [0.25, 0.3) is 0 Å². The Morgan fingerprint density at radius 2 is 1.68 bits per heavy atom. The summed E-state index contributed by atoms with van der Waals surface area (Å²) >= 11 is 6.08. The molecule has 98 valence electrons. The van der Waals surface area contributed by atoms with Crippen LogP contribution in [-0.2, 0) is 11.3 Å². The van der Waals surface area contributed by atoms with Gasteiger partial charge in [-0.25, -0.2) is 4.79 Å². The summed E-state index contributed by atoms with van der Waals surface area (Å²) in [6, 6.07) is 13.1. The topological polar surface area (TPSA) is 26.3 Å². The molecule has 2 rings (SSSR count). The summed E-state index contributed by atoms with van der Waals surface area (Å²) < 4.78 is 5.28. The highest BCUT2D eigenvalue weighted by Gasteiger charge is 2.11. The van der Waals surface area contributed by atoms with E-state index in [1.54, 1.807) is 12.1 Å². The summed E-state index contributed by atoms with van der Waals surface area (Å²) in [5.41, 5.74) is 3.27. The molecule has 0 saturated heterocycles. The molecule has 0 aliphatic rings. The molecule has 0 amide bonds. The largest absolute Gasteiger partial charge is 0.457 e. The fraction of sp³-hybridized carbons (Fsp3) is 0.188. The fourth-order valence-corrected chi connectivity index (χ4v) is 1.98. The summed E-state index contributed by atoms with van der Waals surface area (Å²) in [6.45, 7) is 4.03. The van der Waals surface area contributed by atoms with E-state index in [0.29, 0.717) is 10.6 Å². The molecule has 0 bridgehead atoms. The fourth-order valence-electron chi connectivity index (χ4n) is 1.87. The first-order valence-electron chi connectivity index (χ1n) is 6.05. The van der Waals surface area contributed by atoms with E-state index in [1.165, 1.54) is 0 Å². The third-order valence-corrected chi connectivity index (χ3v) is 3.48. The zero-order valence-electron chi connectivity index (χ0n) is 10.9. The van der Waals surface area contributed by atoms with Crippen molar-refractivity contribution in [1.29, 1.82) is 0 Å². The molecule has 0 spiro atoms. The SMILES string of the molecule is Cc1cc(C(=O)OCc2ccccc2)cc(C)c1Cl. The lowest BCUT2D eigenvalue weighted by molar-refractivity contribution is 0.0472. The molecule has 0 aliphatic heterocycles. The van der Waals surface area contributed by atoms with Crippen LogP contribution < -0.4 is 0 Å². The van der Waals surface area contributed by atoms with Crippen LogP contribution in [-0.4, -0.2) is 5.97 Å². The predicted molar refractivity (Wildman–Crippen MR) is 76.5 cm³/mol. The Bertz CT molecular complexity index is 568. The van der Waals surface area contributed by atoms with E-state index in [1.807, 2.05) is 44.2 Å².